The van der Waals surface area contributed by atoms with Crippen LogP contribution in [-0.2, 0) is 0 Å². The van der Waals surface area contributed by atoms with Crippen molar-refractivity contribution in [3.05, 3.63) is 78.0 Å². The van der Waals surface area contributed by atoms with E-state index in [1.165, 1.54) is 38.7 Å². The number of nitrogens with zero attached hydrogens (tertiary/aromatic N) is 1. The van der Waals surface area contributed by atoms with Crippen molar-refractivity contribution in [2.24, 2.45) is 0 Å². The minimum absolute atomic E-state index is 1.27. The number of rotatable bonds is 1. The molecule has 0 aliphatic rings. The monoisotopic (exact) mass is 271 g/mol. The highest BCUT2D eigenvalue weighted by atomic mass is 14.9. The maximum absolute atomic E-state index is 2.29. The number of fused-ring (bicyclic) bond motifs is 3. The van der Waals surface area contributed by atoms with Crippen molar-refractivity contribution >= 4 is 16.4 Å². The Morgan fingerprint density at radius 3 is 2.29 bits per heavy atom. The van der Waals surface area contributed by atoms with Crippen molar-refractivity contribution in [2.75, 3.05) is 0 Å². The molecule has 2 heterocycles. The molecule has 1 heteroatoms. The van der Waals surface area contributed by atoms with E-state index in [9.17, 15) is 0 Å². The Bertz CT molecular complexity index is 943. The van der Waals surface area contributed by atoms with Gasteiger partial charge < -0.3 is 4.40 Å². The molecule has 2 aromatic heterocycles. The number of aromatic nitrogens is 1. The molecule has 0 unspecified atom stereocenters. The Balaban J connectivity index is 2.17. The number of pyridine rings is 1. The third-order valence-corrected chi connectivity index (χ3v) is 4.14. The molecule has 0 atom stereocenters. The molecule has 0 saturated heterocycles. The third kappa shape index (κ3) is 1.85. The fraction of sp³-hybridized carbons (Fsp3) is 0.100. The van der Waals surface area contributed by atoms with E-state index in [2.05, 4.69) is 85.1 Å². The minimum Gasteiger partial charge on any atom is -0.316 e. The van der Waals surface area contributed by atoms with Crippen LogP contribution in [-0.4, -0.2) is 4.40 Å². The standard InChI is InChI=1S/C20H17N/c1-14-6-9-16(10-7-14)20-17-11-8-15(2)13-19(17)21-12-4-3-5-18(20)21/h3-13H,1-2H3. The Labute approximate surface area is 124 Å². The molecule has 102 valence electrons. The zero-order valence-corrected chi connectivity index (χ0v) is 12.3. The van der Waals surface area contributed by atoms with Crippen LogP contribution in [0.4, 0.5) is 0 Å². The van der Waals surface area contributed by atoms with Crippen LogP contribution in [0.2, 0.25) is 0 Å². The van der Waals surface area contributed by atoms with Gasteiger partial charge in [0.2, 0.25) is 0 Å². The van der Waals surface area contributed by atoms with Gasteiger partial charge in [0.05, 0.1) is 11.0 Å². The summed E-state index contributed by atoms with van der Waals surface area (Å²) in [6, 6.07) is 21.9. The van der Waals surface area contributed by atoms with Crippen LogP contribution in [0.3, 0.4) is 0 Å². The molecule has 1 nitrogen and oxygen atoms in total. The number of aryl methyl sites for hydroxylation is 2. The fourth-order valence-electron chi connectivity index (χ4n) is 3.07. The van der Waals surface area contributed by atoms with Gasteiger partial charge in [-0.15, -0.1) is 0 Å². The molecule has 4 aromatic rings. The summed E-state index contributed by atoms with van der Waals surface area (Å²) < 4.78 is 2.29. The summed E-state index contributed by atoms with van der Waals surface area (Å²) in [6.45, 7) is 4.27. The SMILES string of the molecule is Cc1ccc(-c2c3ccc(C)cc3n3ccccc23)cc1. The van der Waals surface area contributed by atoms with Gasteiger partial charge in [0, 0.05) is 17.1 Å². The molecule has 21 heavy (non-hydrogen) atoms. The van der Waals surface area contributed by atoms with E-state index in [0.717, 1.165) is 0 Å². The lowest BCUT2D eigenvalue weighted by Crippen LogP contribution is -1.82. The Morgan fingerprint density at radius 2 is 1.48 bits per heavy atom. The molecule has 0 fully saturated rings. The Morgan fingerprint density at radius 1 is 0.714 bits per heavy atom. The van der Waals surface area contributed by atoms with Crippen molar-refractivity contribution < 1.29 is 0 Å². The van der Waals surface area contributed by atoms with E-state index < -0.39 is 0 Å². The molecule has 0 bridgehead atoms. The first-order valence-electron chi connectivity index (χ1n) is 7.30. The molecule has 0 N–H and O–H groups in total. The Kier molecular flexibility index (Phi) is 2.61. The average molecular weight is 271 g/mol. The van der Waals surface area contributed by atoms with Crippen LogP contribution in [0, 0.1) is 13.8 Å². The van der Waals surface area contributed by atoms with E-state index in [1.54, 1.807) is 0 Å². The lowest BCUT2D eigenvalue weighted by atomic mass is 10.0. The van der Waals surface area contributed by atoms with Crippen molar-refractivity contribution in [3.8, 4) is 11.1 Å². The molecule has 2 aromatic carbocycles. The number of benzene rings is 2. The van der Waals surface area contributed by atoms with Crippen LogP contribution < -0.4 is 0 Å². The van der Waals surface area contributed by atoms with Gasteiger partial charge in [-0.1, -0.05) is 48.0 Å². The lowest BCUT2D eigenvalue weighted by Gasteiger charge is -2.02. The van der Waals surface area contributed by atoms with Crippen molar-refractivity contribution in [1.29, 1.82) is 0 Å². The molecular weight excluding hydrogens is 254 g/mol. The Hall–Kier alpha value is -2.54. The lowest BCUT2D eigenvalue weighted by molar-refractivity contribution is 1.25. The van der Waals surface area contributed by atoms with E-state index in [-0.39, 0.29) is 0 Å². The molecule has 0 aliphatic heterocycles. The second-order valence-electron chi connectivity index (χ2n) is 5.72. The van der Waals surface area contributed by atoms with E-state index in [0.29, 0.717) is 0 Å². The van der Waals surface area contributed by atoms with Crippen molar-refractivity contribution in [3.63, 3.8) is 0 Å². The van der Waals surface area contributed by atoms with Crippen LogP contribution >= 0.6 is 0 Å². The summed E-state index contributed by atoms with van der Waals surface area (Å²) >= 11 is 0. The van der Waals surface area contributed by atoms with Crippen LogP contribution in [0.15, 0.2) is 66.9 Å². The topological polar surface area (TPSA) is 4.41 Å². The zero-order valence-electron chi connectivity index (χ0n) is 12.3. The van der Waals surface area contributed by atoms with Crippen molar-refractivity contribution in [1.82, 2.24) is 4.40 Å². The molecule has 4 rings (SSSR count). The molecular formula is C20H17N. The predicted molar refractivity (Wildman–Crippen MR) is 89.8 cm³/mol. The smallest absolute Gasteiger partial charge is 0.0540 e. The van der Waals surface area contributed by atoms with Crippen molar-refractivity contribution in [2.45, 2.75) is 13.8 Å². The summed E-state index contributed by atoms with van der Waals surface area (Å²) in [5, 5.41) is 1.32. The first kappa shape index (κ1) is 12.2. The van der Waals surface area contributed by atoms with Gasteiger partial charge in [-0.25, -0.2) is 0 Å². The highest BCUT2D eigenvalue weighted by Crippen LogP contribution is 2.35. The largest absolute Gasteiger partial charge is 0.316 e. The van der Waals surface area contributed by atoms with E-state index >= 15 is 0 Å². The second kappa shape index (κ2) is 4.49. The van der Waals surface area contributed by atoms with Gasteiger partial charge in [0.1, 0.15) is 0 Å². The first-order valence-corrected chi connectivity index (χ1v) is 7.30. The molecule has 0 amide bonds. The van der Waals surface area contributed by atoms with Gasteiger partial charge in [-0.3, -0.25) is 0 Å². The molecule has 0 radical (unpaired) electrons. The van der Waals surface area contributed by atoms with Gasteiger partial charge in [-0.05, 0) is 43.2 Å². The third-order valence-electron chi connectivity index (χ3n) is 4.14. The highest BCUT2D eigenvalue weighted by molar-refractivity contribution is 6.05. The molecule has 0 aliphatic carbocycles. The molecule has 0 spiro atoms. The molecule has 0 saturated carbocycles. The van der Waals surface area contributed by atoms with Gasteiger partial charge in [0.25, 0.3) is 0 Å². The maximum atomic E-state index is 2.29. The number of hydrogen-bond donors (Lipinski definition) is 0. The summed E-state index contributed by atoms with van der Waals surface area (Å²) in [7, 11) is 0. The van der Waals surface area contributed by atoms with Gasteiger partial charge in [-0.2, -0.15) is 0 Å². The first-order chi connectivity index (χ1) is 10.2. The normalized spacial score (nSPS) is 11.3. The van der Waals surface area contributed by atoms with Gasteiger partial charge >= 0.3 is 0 Å². The fourth-order valence-corrected chi connectivity index (χ4v) is 3.07. The second-order valence-corrected chi connectivity index (χ2v) is 5.72. The van der Waals surface area contributed by atoms with Gasteiger partial charge in [0.15, 0.2) is 0 Å². The zero-order chi connectivity index (χ0) is 14.4. The van der Waals surface area contributed by atoms with E-state index in [4.69, 9.17) is 0 Å². The maximum Gasteiger partial charge on any atom is 0.0540 e. The summed E-state index contributed by atoms with van der Waals surface area (Å²) in [4.78, 5) is 0. The van der Waals surface area contributed by atoms with Crippen LogP contribution in [0.5, 0.6) is 0 Å². The summed E-state index contributed by atoms with van der Waals surface area (Å²) in [5.41, 5.74) is 7.74. The highest BCUT2D eigenvalue weighted by Gasteiger charge is 2.12. The predicted octanol–water partition coefficient (Wildman–Crippen LogP) is 5.38. The number of hydrogen-bond acceptors (Lipinski definition) is 0. The summed E-state index contributed by atoms with van der Waals surface area (Å²) in [5.74, 6) is 0. The van der Waals surface area contributed by atoms with Crippen LogP contribution in [0.25, 0.3) is 27.5 Å². The van der Waals surface area contributed by atoms with E-state index in [1.807, 2.05) is 0 Å². The minimum atomic E-state index is 1.27. The van der Waals surface area contributed by atoms with Crippen LogP contribution in [0.1, 0.15) is 11.1 Å². The average Bonchev–Trinajstić information content (AvgIpc) is 2.82. The quantitative estimate of drug-likeness (QED) is 0.438. The summed E-state index contributed by atoms with van der Waals surface area (Å²) in [6.07, 6.45) is 2.15.